The molecular weight excluding hydrogens is 283 g/mol. The highest BCUT2D eigenvalue weighted by atomic mass is 35.5. The summed E-state index contributed by atoms with van der Waals surface area (Å²) < 4.78 is 20.4. The normalized spacial score (nSPS) is 12.5. The van der Waals surface area contributed by atoms with Gasteiger partial charge in [0.1, 0.15) is 16.7 Å². The van der Waals surface area contributed by atoms with E-state index in [1.807, 2.05) is 0 Å². The van der Waals surface area contributed by atoms with Crippen LogP contribution in [0.15, 0.2) is 18.2 Å². The number of methoxy groups -OCH3 is 1. The minimum absolute atomic E-state index is 0.210. The van der Waals surface area contributed by atoms with Crippen LogP contribution in [0.4, 0.5) is 4.39 Å². The van der Waals surface area contributed by atoms with Crippen LogP contribution >= 0.6 is 11.6 Å². The van der Waals surface area contributed by atoms with Crippen LogP contribution in [-0.4, -0.2) is 22.0 Å². The van der Waals surface area contributed by atoms with Crippen LogP contribution in [0.5, 0.6) is 5.75 Å². The van der Waals surface area contributed by atoms with Crippen LogP contribution in [-0.2, 0) is 13.5 Å². The Labute approximate surface area is 121 Å². The second-order valence-electron chi connectivity index (χ2n) is 4.59. The van der Waals surface area contributed by atoms with E-state index in [1.54, 1.807) is 20.0 Å². The Bertz CT molecular complexity index is 628. The Morgan fingerprint density at radius 1 is 1.50 bits per heavy atom. The van der Waals surface area contributed by atoms with Crippen molar-refractivity contribution in [2.75, 3.05) is 7.11 Å². The van der Waals surface area contributed by atoms with Gasteiger partial charge in [0.15, 0.2) is 0 Å². The third-order valence-electron chi connectivity index (χ3n) is 3.23. The van der Waals surface area contributed by atoms with Crippen molar-refractivity contribution in [3.8, 4) is 5.75 Å². The molecule has 0 fully saturated rings. The highest BCUT2D eigenvalue weighted by Crippen LogP contribution is 2.28. The maximum Gasteiger partial charge on any atom is 0.132 e. The van der Waals surface area contributed by atoms with Crippen molar-refractivity contribution in [3.05, 3.63) is 46.0 Å². The molecule has 0 aliphatic carbocycles. The molecule has 0 saturated heterocycles. The van der Waals surface area contributed by atoms with Crippen molar-refractivity contribution in [3.63, 3.8) is 0 Å². The van der Waals surface area contributed by atoms with E-state index in [2.05, 4.69) is 5.10 Å². The molecule has 0 aliphatic rings. The van der Waals surface area contributed by atoms with Gasteiger partial charge in [0.05, 0.1) is 18.9 Å². The smallest absolute Gasteiger partial charge is 0.132 e. The fourth-order valence-corrected chi connectivity index (χ4v) is 2.37. The summed E-state index contributed by atoms with van der Waals surface area (Å²) in [5, 5.41) is 14.8. The molecule has 1 aromatic carbocycles. The molecule has 20 heavy (non-hydrogen) atoms. The van der Waals surface area contributed by atoms with Crippen LogP contribution in [0.2, 0.25) is 5.15 Å². The zero-order valence-electron chi connectivity index (χ0n) is 11.5. The van der Waals surface area contributed by atoms with E-state index in [4.69, 9.17) is 16.3 Å². The van der Waals surface area contributed by atoms with Crippen molar-refractivity contribution in [1.82, 2.24) is 9.78 Å². The number of aryl methyl sites for hydroxylation is 2. The molecule has 108 valence electrons. The summed E-state index contributed by atoms with van der Waals surface area (Å²) in [6, 6.07) is 4.37. The maximum absolute atomic E-state index is 13.9. The molecule has 4 nitrogen and oxygen atoms in total. The van der Waals surface area contributed by atoms with Gasteiger partial charge in [-0.25, -0.2) is 4.39 Å². The Hall–Kier alpha value is -1.59. The van der Waals surface area contributed by atoms with E-state index in [9.17, 15) is 9.50 Å². The van der Waals surface area contributed by atoms with Gasteiger partial charge in [0.25, 0.3) is 0 Å². The molecule has 0 amide bonds. The summed E-state index contributed by atoms with van der Waals surface area (Å²) in [5.74, 6) is -0.0939. The number of nitrogens with zero attached hydrogens (tertiary/aromatic N) is 2. The molecule has 0 spiro atoms. The lowest BCUT2D eigenvalue weighted by atomic mass is 10.0. The predicted molar refractivity (Wildman–Crippen MR) is 74.6 cm³/mol. The molecule has 6 heteroatoms. The summed E-state index contributed by atoms with van der Waals surface area (Å²) in [4.78, 5) is 0. The number of rotatable bonds is 4. The van der Waals surface area contributed by atoms with E-state index >= 15 is 0 Å². The number of aliphatic hydroxyl groups is 1. The molecule has 2 rings (SSSR count). The number of aromatic nitrogens is 2. The Balaban J connectivity index is 2.26. The predicted octanol–water partition coefficient (Wildman–Crippen LogP) is 2.81. The molecule has 0 saturated carbocycles. The van der Waals surface area contributed by atoms with E-state index < -0.39 is 11.9 Å². The van der Waals surface area contributed by atoms with Gasteiger partial charge in [-0.2, -0.15) is 5.10 Å². The average Bonchev–Trinajstić information content (AvgIpc) is 2.65. The first-order valence-corrected chi connectivity index (χ1v) is 6.51. The van der Waals surface area contributed by atoms with E-state index in [1.165, 1.54) is 23.9 Å². The highest BCUT2D eigenvalue weighted by molar-refractivity contribution is 6.30. The summed E-state index contributed by atoms with van der Waals surface area (Å²) >= 11 is 6.11. The number of benzene rings is 1. The molecule has 2 aromatic rings. The lowest BCUT2D eigenvalue weighted by Gasteiger charge is -2.13. The quantitative estimate of drug-likeness (QED) is 0.944. The number of hydrogen-bond donors (Lipinski definition) is 1. The van der Waals surface area contributed by atoms with Gasteiger partial charge in [0, 0.05) is 30.7 Å². The zero-order valence-corrected chi connectivity index (χ0v) is 12.3. The van der Waals surface area contributed by atoms with E-state index in [-0.39, 0.29) is 12.0 Å². The van der Waals surface area contributed by atoms with Crippen LogP contribution < -0.4 is 4.74 Å². The third kappa shape index (κ3) is 2.78. The Morgan fingerprint density at radius 2 is 2.20 bits per heavy atom. The first kappa shape index (κ1) is 14.8. The second-order valence-corrected chi connectivity index (χ2v) is 4.94. The van der Waals surface area contributed by atoms with E-state index in [0.717, 1.165) is 11.3 Å². The zero-order chi connectivity index (χ0) is 14.9. The fourth-order valence-electron chi connectivity index (χ4n) is 2.11. The molecule has 1 heterocycles. The van der Waals surface area contributed by atoms with Crippen LogP contribution in [0.1, 0.15) is 22.9 Å². The van der Waals surface area contributed by atoms with Gasteiger partial charge in [-0.05, 0) is 19.1 Å². The molecule has 1 N–H and O–H groups in total. The van der Waals surface area contributed by atoms with Crippen LogP contribution in [0.25, 0.3) is 0 Å². The van der Waals surface area contributed by atoms with Crippen molar-refractivity contribution < 1.29 is 14.2 Å². The molecule has 1 atom stereocenters. The lowest BCUT2D eigenvalue weighted by Crippen LogP contribution is -2.05. The topological polar surface area (TPSA) is 47.3 Å². The van der Waals surface area contributed by atoms with Crippen LogP contribution in [0.3, 0.4) is 0 Å². The van der Waals surface area contributed by atoms with Crippen LogP contribution in [0, 0.1) is 12.7 Å². The lowest BCUT2D eigenvalue weighted by molar-refractivity contribution is 0.173. The van der Waals surface area contributed by atoms with Gasteiger partial charge in [-0.3, -0.25) is 4.68 Å². The number of aliphatic hydroxyl groups excluding tert-OH is 1. The Kier molecular flexibility index (Phi) is 4.30. The van der Waals surface area contributed by atoms with Crippen molar-refractivity contribution >= 4 is 11.6 Å². The highest BCUT2D eigenvalue weighted by Gasteiger charge is 2.19. The molecule has 0 bridgehead atoms. The second kappa shape index (κ2) is 5.81. The summed E-state index contributed by atoms with van der Waals surface area (Å²) in [6.45, 7) is 1.80. The monoisotopic (exact) mass is 298 g/mol. The van der Waals surface area contributed by atoms with Crippen molar-refractivity contribution in [2.24, 2.45) is 7.05 Å². The SMILES string of the molecule is COc1ccc(C(O)Cc2c(C)nn(C)c2Cl)c(F)c1. The largest absolute Gasteiger partial charge is 0.497 e. The fraction of sp³-hybridized carbons (Fsp3) is 0.357. The minimum atomic E-state index is -0.985. The molecular formula is C14H16ClFN2O2. The standard InChI is InChI=1S/C14H16ClFN2O2/c1-8-11(14(15)18(2)17-8)7-13(19)10-5-4-9(20-3)6-12(10)16/h4-6,13,19H,7H2,1-3H3. The summed E-state index contributed by atoms with van der Waals surface area (Å²) in [7, 11) is 3.18. The molecule has 1 unspecified atom stereocenters. The molecule has 1 aromatic heterocycles. The van der Waals surface area contributed by atoms with Gasteiger partial charge in [-0.15, -0.1) is 0 Å². The number of halogens is 2. The van der Waals surface area contributed by atoms with Crippen molar-refractivity contribution in [2.45, 2.75) is 19.4 Å². The third-order valence-corrected chi connectivity index (χ3v) is 3.71. The van der Waals surface area contributed by atoms with Crippen molar-refractivity contribution in [1.29, 1.82) is 0 Å². The Morgan fingerprint density at radius 3 is 2.70 bits per heavy atom. The minimum Gasteiger partial charge on any atom is -0.497 e. The first-order chi connectivity index (χ1) is 9.43. The van der Waals surface area contributed by atoms with Gasteiger partial charge < -0.3 is 9.84 Å². The molecule has 0 radical (unpaired) electrons. The summed E-state index contributed by atoms with van der Waals surface area (Å²) in [6.07, 6.45) is -0.775. The first-order valence-electron chi connectivity index (χ1n) is 6.13. The van der Waals surface area contributed by atoms with E-state index in [0.29, 0.717) is 10.9 Å². The van der Waals surface area contributed by atoms with Gasteiger partial charge in [0.2, 0.25) is 0 Å². The van der Waals surface area contributed by atoms with Gasteiger partial charge >= 0.3 is 0 Å². The molecule has 0 aliphatic heterocycles. The van der Waals surface area contributed by atoms with Gasteiger partial charge in [-0.1, -0.05) is 11.6 Å². The maximum atomic E-state index is 13.9. The summed E-state index contributed by atoms with van der Waals surface area (Å²) in [5.41, 5.74) is 1.66. The number of ether oxygens (including phenoxy) is 1. The average molecular weight is 299 g/mol. The number of hydrogen-bond acceptors (Lipinski definition) is 3.